The summed E-state index contributed by atoms with van der Waals surface area (Å²) in [7, 11) is 0. The lowest BCUT2D eigenvalue weighted by Gasteiger charge is -2.35. The highest BCUT2D eigenvalue weighted by molar-refractivity contribution is 5.86. The van der Waals surface area contributed by atoms with Gasteiger partial charge in [0.15, 0.2) is 0 Å². The fourth-order valence-electron chi connectivity index (χ4n) is 3.77. The molecular formula is C23H22N4O. The average Bonchev–Trinajstić information content (AvgIpc) is 3.24. The molecule has 1 aliphatic heterocycles. The van der Waals surface area contributed by atoms with Gasteiger partial charge < -0.3 is 14.3 Å². The molecule has 1 aliphatic rings. The summed E-state index contributed by atoms with van der Waals surface area (Å²) >= 11 is 0. The number of aromatic nitrogens is 2. The zero-order valence-corrected chi connectivity index (χ0v) is 15.9. The molecule has 5 nitrogen and oxygen atoms in total. The Kier molecular flexibility index (Phi) is 4.20. The standard InChI is InChI=1S/C23H22N4O/c1-17-5-4-8-21(15-17)26-11-13-27(14-12-26)23-24-22(25-28-23)20-10-9-18-6-2-3-7-19(18)16-20/h2-10,15-16H,11-14H2,1H3. The number of benzene rings is 3. The minimum absolute atomic E-state index is 0.604. The predicted molar refractivity (Wildman–Crippen MR) is 113 cm³/mol. The Morgan fingerprint density at radius 3 is 2.39 bits per heavy atom. The zero-order valence-electron chi connectivity index (χ0n) is 15.9. The minimum atomic E-state index is 0.604. The van der Waals surface area contributed by atoms with Crippen LogP contribution in [0.5, 0.6) is 0 Å². The topological polar surface area (TPSA) is 45.4 Å². The van der Waals surface area contributed by atoms with Crippen molar-refractivity contribution >= 4 is 22.5 Å². The van der Waals surface area contributed by atoms with Gasteiger partial charge in [-0.2, -0.15) is 4.98 Å². The maximum atomic E-state index is 5.58. The maximum absolute atomic E-state index is 5.58. The average molecular weight is 370 g/mol. The van der Waals surface area contributed by atoms with Gasteiger partial charge in [-0.15, -0.1) is 0 Å². The summed E-state index contributed by atoms with van der Waals surface area (Å²) in [4.78, 5) is 9.23. The maximum Gasteiger partial charge on any atom is 0.324 e. The minimum Gasteiger partial charge on any atom is -0.368 e. The first kappa shape index (κ1) is 16.8. The Bertz CT molecular complexity index is 1110. The van der Waals surface area contributed by atoms with Crippen LogP contribution in [-0.4, -0.2) is 36.3 Å². The van der Waals surface area contributed by atoms with Crippen LogP contribution in [0.3, 0.4) is 0 Å². The van der Waals surface area contributed by atoms with Gasteiger partial charge >= 0.3 is 6.01 Å². The van der Waals surface area contributed by atoms with Crippen molar-refractivity contribution in [3.63, 3.8) is 0 Å². The number of anilines is 2. The normalized spacial score (nSPS) is 14.6. The van der Waals surface area contributed by atoms with Crippen LogP contribution >= 0.6 is 0 Å². The molecule has 0 spiro atoms. The van der Waals surface area contributed by atoms with Crippen LogP contribution in [-0.2, 0) is 0 Å². The number of fused-ring (bicyclic) bond motifs is 1. The van der Waals surface area contributed by atoms with Crippen LogP contribution in [0.15, 0.2) is 71.3 Å². The van der Waals surface area contributed by atoms with E-state index in [1.807, 2.05) is 18.2 Å². The van der Waals surface area contributed by atoms with E-state index in [0.29, 0.717) is 11.8 Å². The summed E-state index contributed by atoms with van der Waals surface area (Å²) in [6.07, 6.45) is 0. The zero-order chi connectivity index (χ0) is 18.9. The van der Waals surface area contributed by atoms with E-state index in [-0.39, 0.29) is 0 Å². The monoisotopic (exact) mass is 370 g/mol. The molecular weight excluding hydrogens is 348 g/mol. The molecule has 1 saturated heterocycles. The molecule has 0 N–H and O–H groups in total. The van der Waals surface area contributed by atoms with E-state index in [2.05, 4.69) is 75.4 Å². The van der Waals surface area contributed by atoms with E-state index in [1.165, 1.54) is 22.0 Å². The number of hydrogen-bond acceptors (Lipinski definition) is 5. The molecule has 0 bridgehead atoms. The number of nitrogens with zero attached hydrogens (tertiary/aromatic N) is 4. The highest BCUT2D eigenvalue weighted by Gasteiger charge is 2.22. The van der Waals surface area contributed by atoms with Gasteiger partial charge in [-0.05, 0) is 41.5 Å². The third-order valence-corrected chi connectivity index (χ3v) is 5.34. The molecule has 1 aromatic heterocycles. The molecule has 1 fully saturated rings. The lowest BCUT2D eigenvalue weighted by molar-refractivity contribution is 0.409. The Hall–Kier alpha value is -3.34. The molecule has 2 heterocycles. The Labute approximate surface area is 164 Å². The van der Waals surface area contributed by atoms with Crippen molar-refractivity contribution in [2.45, 2.75) is 6.92 Å². The summed E-state index contributed by atoms with van der Waals surface area (Å²) < 4.78 is 5.58. The van der Waals surface area contributed by atoms with Crippen LogP contribution in [0.4, 0.5) is 11.7 Å². The van der Waals surface area contributed by atoms with Gasteiger partial charge in [-0.3, -0.25) is 0 Å². The first-order chi connectivity index (χ1) is 13.8. The number of piperazine rings is 1. The number of aryl methyl sites for hydroxylation is 1. The SMILES string of the molecule is Cc1cccc(N2CCN(c3nc(-c4ccc5ccccc5c4)no3)CC2)c1. The van der Waals surface area contributed by atoms with Crippen molar-refractivity contribution in [2.75, 3.05) is 36.0 Å². The molecule has 3 aromatic carbocycles. The first-order valence-electron chi connectivity index (χ1n) is 9.66. The van der Waals surface area contributed by atoms with Crippen LogP contribution < -0.4 is 9.80 Å². The van der Waals surface area contributed by atoms with Gasteiger partial charge in [-0.1, -0.05) is 53.7 Å². The van der Waals surface area contributed by atoms with Crippen molar-refractivity contribution in [2.24, 2.45) is 0 Å². The van der Waals surface area contributed by atoms with E-state index in [1.54, 1.807) is 0 Å². The van der Waals surface area contributed by atoms with Gasteiger partial charge in [0, 0.05) is 37.4 Å². The smallest absolute Gasteiger partial charge is 0.324 e. The summed E-state index contributed by atoms with van der Waals surface area (Å²) in [5.41, 5.74) is 3.55. The van der Waals surface area contributed by atoms with Crippen molar-refractivity contribution in [3.8, 4) is 11.4 Å². The molecule has 0 radical (unpaired) electrons. The summed E-state index contributed by atoms with van der Waals surface area (Å²) in [5.74, 6) is 0.641. The predicted octanol–water partition coefficient (Wildman–Crippen LogP) is 4.52. The van der Waals surface area contributed by atoms with Crippen molar-refractivity contribution < 1.29 is 4.52 Å². The number of rotatable bonds is 3. The molecule has 5 heteroatoms. The lowest BCUT2D eigenvalue weighted by atomic mass is 10.1. The lowest BCUT2D eigenvalue weighted by Crippen LogP contribution is -2.46. The van der Waals surface area contributed by atoms with E-state index >= 15 is 0 Å². The van der Waals surface area contributed by atoms with Gasteiger partial charge in [0.05, 0.1) is 0 Å². The molecule has 0 amide bonds. The van der Waals surface area contributed by atoms with Crippen molar-refractivity contribution in [1.29, 1.82) is 0 Å². The quantitative estimate of drug-likeness (QED) is 0.530. The summed E-state index contributed by atoms with van der Waals surface area (Å²) in [6, 6.07) is 23.8. The Morgan fingerprint density at radius 2 is 1.57 bits per heavy atom. The third-order valence-electron chi connectivity index (χ3n) is 5.34. The van der Waals surface area contributed by atoms with Crippen molar-refractivity contribution in [3.05, 3.63) is 72.3 Å². The fourth-order valence-corrected chi connectivity index (χ4v) is 3.77. The Balaban J connectivity index is 1.31. The molecule has 0 atom stereocenters. The summed E-state index contributed by atoms with van der Waals surface area (Å²) in [5, 5.41) is 6.61. The van der Waals surface area contributed by atoms with Crippen molar-refractivity contribution in [1.82, 2.24) is 10.1 Å². The molecule has 0 aliphatic carbocycles. The van der Waals surface area contributed by atoms with Gasteiger partial charge in [0.1, 0.15) is 0 Å². The Morgan fingerprint density at radius 1 is 0.786 bits per heavy atom. The van der Waals surface area contributed by atoms with Gasteiger partial charge in [-0.25, -0.2) is 0 Å². The third kappa shape index (κ3) is 3.20. The van der Waals surface area contributed by atoms with E-state index in [9.17, 15) is 0 Å². The second-order valence-electron chi connectivity index (χ2n) is 7.28. The second kappa shape index (κ2) is 7.00. The van der Waals surface area contributed by atoms with Gasteiger partial charge in [0.25, 0.3) is 0 Å². The first-order valence-corrected chi connectivity index (χ1v) is 9.66. The van der Waals surface area contributed by atoms with Gasteiger partial charge in [0.2, 0.25) is 5.82 Å². The van der Waals surface area contributed by atoms with Crippen LogP contribution in [0.1, 0.15) is 5.56 Å². The largest absolute Gasteiger partial charge is 0.368 e. The molecule has 4 aromatic rings. The van der Waals surface area contributed by atoms with E-state index < -0.39 is 0 Å². The van der Waals surface area contributed by atoms with Crippen LogP contribution in [0.2, 0.25) is 0 Å². The second-order valence-corrected chi connectivity index (χ2v) is 7.28. The van der Waals surface area contributed by atoms with E-state index in [0.717, 1.165) is 31.7 Å². The molecule has 0 saturated carbocycles. The molecule has 0 unspecified atom stereocenters. The van der Waals surface area contributed by atoms with Crippen LogP contribution in [0.25, 0.3) is 22.2 Å². The molecule has 5 rings (SSSR count). The summed E-state index contributed by atoms with van der Waals surface area (Å²) in [6.45, 7) is 5.75. The highest BCUT2D eigenvalue weighted by Crippen LogP contribution is 2.25. The molecule has 28 heavy (non-hydrogen) atoms. The highest BCUT2D eigenvalue weighted by atomic mass is 16.5. The fraction of sp³-hybridized carbons (Fsp3) is 0.217. The molecule has 140 valence electrons. The van der Waals surface area contributed by atoms with E-state index in [4.69, 9.17) is 4.52 Å². The van der Waals surface area contributed by atoms with Crippen LogP contribution in [0, 0.1) is 6.92 Å². The number of hydrogen-bond donors (Lipinski definition) is 0.